The molecule has 1 rings (SSSR count). The molecule has 0 saturated heterocycles. The number of hydrogen-bond acceptors (Lipinski definition) is 4. The molecule has 0 radical (unpaired) electrons. The molecule has 0 aliphatic carbocycles. The molecule has 0 saturated carbocycles. The molecule has 0 aromatic heterocycles. The fourth-order valence-corrected chi connectivity index (χ4v) is 2.10. The van der Waals surface area contributed by atoms with Crippen LogP contribution in [0.15, 0.2) is 17.2 Å². The number of carbonyl (C=O) groups is 1. The molecule has 1 aromatic rings. The minimum absolute atomic E-state index is 0.143. The molecule has 6 heteroatoms. The summed E-state index contributed by atoms with van der Waals surface area (Å²) >= 11 is 0. The van der Waals surface area contributed by atoms with Crippen LogP contribution in [0.1, 0.15) is 29.5 Å². The summed E-state index contributed by atoms with van der Waals surface area (Å²) in [6.07, 6.45) is 0.412. The number of halogens is 1. The minimum Gasteiger partial charge on any atom is -0.482 e. The second kappa shape index (κ2) is 7.00. The third-order valence-electron chi connectivity index (χ3n) is 3.45. The third-order valence-corrected chi connectivity index (χ3v) is 3.45. The van der Waals surface area contributed by atoms with Crippen LogP contribution in [-0.2, 0) is 9.53 Å². The molecular weight excluding hydrogens is 261 g/mol. The van der Waals surface area contributed by atoms with E-state index < -0.39 is 6.04 Å². The van der Waals surface area contributed by atoms with Gasteiger partial charge in [-0.25, -0.2) is 9.82 Å². The second-order valence-corrected chi connectivity index (χ2v) is 4.62. The standard InChI is InChI=1S/C14H20FN3O2/c1-8-5-6-11(15)12(9(8)2)10(3)13(16)14(20-4)18-17-7-19/h5-7,10,13H,16H2,1-4H3,(H,17,19)/b18-14-. The molecule has 0 aliphatic heterocycles. The lowest BCUT2D eigenvalue weighted by molar-refractivity contribution is -0.109. The van der Waals surface area contributed by atoms with E-state index in [0.717, 1.165) is 11.1 Å². The van der Waals surface area contributed by atoms with Gasteiger partial charge in [-0.2, -0.15) is 0 Å². The summed E-state index contributed by atoms with van der Waals surface area (Å²) in [5.41, 5.74) is 10.6. The molecule has 0 aliphatic rings. The summed E-state index contributed by atoms with van der Waals surface area (Å²) in [6, 6.07) is 2.49. The average molecular weight is 281 g/mol. The smallest absolute Gasteiger partial charge is 0.227 e. The van der Waals surface area contributed by atoms with Crippen molar-refractivity contribution in [2.45, 2.75) is 32.7 Å². The average Bonchev–Trinajstić information content (AvgIpc) is 2.43. The summed E-state index contributed by atoms with van der Waals surface area (Å²) in [6.45, 7) is 5.56. The van der Waals surface area contributed by atoms with Gasteiger partial charge in [0.2, 0.25) is 12.3 Å². The Kier molecular flexibility index (Phi) is 5.64. The van der Waals surface area contributed by atoms with E-state index in [1.807, 2.05) is 13.8 Å². The fraction of sp³-hybridized carbons (Fsp3) is 0.429. The number of nitrogens with two attached hydrogens (primary N) is 1. The van der Waals surface area contributed by atoms with E-state index in [1.54, 1.807) is 13.0 Å². The van der Waals surface area contributed by atoms with Gasteiger partial charge in [-0.1, -0.05) is 13.0 Å². The molecule has 2 unspecified atom stereocenters. The first-order chi connectivity index (χ1) is 9.43. The van der Waals surface area contributed by atoms with Gasteiger partial charge in [-0.05, 0) is 36.6 Å². The topological polar surface area (TPSA) is 76.7 Å². The van der Waals surface area contributed by atoms with Crippen molar-refractivity contribution in [3.8, 4) is 0 Å². The first kappa shape index (κ1) is 16.1. The normalized spacial score (nSPS) is 14.6. The Morgan fingerprint density at radius 3 is 2.70 bits per heavy atom. The van der Waals surface area contributed by atoms with Crippen LogP contribution in [0.2, 0.25) is 0 Å². The predicted octanol–water partition coefficient (Wildman–Crippen LogP) is 1.58. The predicted molar refractivity (Wildman–Crippen MR) is 75.9 cm³/mol. The number of aryl methyl sites for hydroxylation is 1. The van der Waals surface area contributed by atoms with Crippen LogP contribution in [-0.4, -0.2) is 25.5 Å². The van der Waals surface area contributed by atoms with Gasteiger partial charge in [0.25, 0.3) is 0 Å². The molecule has 2 atom stereocenters. The first-order valence-electron chi connectivity index (χ1n) is 6.25. The maximum atomic E-state index is 14.1. The molecule has 0 spiro atoms. The van der Waals surface area contributed by atoms with Crippen LogP contribution < -0.4 is 11.2 Å². The Morgan fingerprint density at radius 2 is 2.15 bits per heavy atom. The van der Waals surface area contributed by atoms with Crippen molar-refractivity contribution in [2.75, 3.05) is 7.11 Å². The molecule has 0 heterocycles. The number of rotatable bonds is 5. The molecule has 1 aromatic carbocycles. The van der Waals surface area contributed by atoms with Gasteiger partial charge in [0.05, 0.1) is 13.2 Å². The summed E-state index contributed by atoms with van der Waals surface area (Å²) in [4.78, 5) is 10.3. The number of ether oxygens (including phenoxy) is 1. The maximum Gasteiger partial charge on any atom is 0.227 e. The lowest BCUT2D eigenvalue weighted by atomic mass is 9.88. The van der Waals surface area contributed by atoms with E-state index in [9.17, 15) is 9.18 Å². The van der Waals surface area contributed by atoms with Crippen molar-refractivity contribution in [2.24, 2.45) is 10.8 Å². The zero-order valence-electron chi connectivity index (χ0n) is 12.1. The maximum absolute atomic E-state index is 14.1. The van der Waals surface area contributed by atoms with E-state index in [2.05, 4.69) is 10.5 Å². The molecule has 20 heavy (non-hydrogen) atoms. The van der Waals surface area contributed by atoms with Gasteiger partial charge in [-0.3, -0.25) is 4.79 Å². The van der Waals surface area contributed by atoms with Crippen molar-refractivity contribution in [1.82, 2.24) is 5.43 Å². The lowest BCUT2D eigenvalue weighted by Gasteiger charge is -2.23. The summed E-state index contributed by atoms with van der Waals surface area (Å²) in [7, 11) is 1.40. The molecule has 1 amide bonds. The highest BCUT2D eigenvalue weighted by atomic mass is 19.1. The molecule has 5 nitrogen and oxygen atoms in total. The zero-order valence-corrected chi connectivity index (χ0v) is 12.1. The summed E-state index contributed by atoms with van der Waals surface area (Å²) in [5, 5.41) is 3.72. The molecular formula is C14H20FN3O2. The highest BCUT2D eigenvalue weighted by Gasteiger charge is 2.25. The number of methoxy groups -OCH3 is 1. The number of carbonyl (C=O) groups excluding carboxylic acids is 1. The Balaban J connectivity index is 3.14. The number of nitrogens with zero attached hydrogens (tertiary/aromatic N) is 1. The molecule has 0 bridgehead atoms. The SMILES string of the molecule is CO/C(=N\NC=O)C(N)C(C)c1c(F)ccc(C)c1C. The largest absolute Gasteiger partial charge is 0.482 e. The van der Waals surface area contributed by atoms with Crippen molar-refractivity contribution in [3.05, 3.63) is 34.6 Å². The number of hydrazone groups is 1. The van der Waals surface area contributed by atoms with Gasteiger partial charge in [0.15, 0.2) is 0 Å². The van der Waals surface area contributed by atoms with Crippen LogP contribution >= 0.6 is 0 Å². The van der Waals surface area contributed by atoms with Crippen molar-refractivity contribution < 1.29 is 13.9 Å². The highest BCUT2D eigenvalue weighted by molar-refractivity contribution is 5.83. The van der Waals surface area contributed by atoms with E-state index >= 15 is 0 Å². The van der Waals surface area contributed by atoms with Gasteiger partial charge in [0, 0.05) is 5.92 Å². The van der Waals surface area contributed by atoms with Crippen LogP contribution in [0.4, 0.5) is 4.39 Å². The van der Waals surface area contributed by atoms with Crippen LogP contribution in [0.3, 0.4) is 0 Å². The Bertz CT molecular complexity index is 517. The van der Waals surface area contributed by atoms with Crippen molar-refractivity contribution >= 4 is 12.3 Å². The quantitative estimate of drug-likeness (QED) is 0.372. The van der Waals surface area contributed by atoms with Gasteiger partial charge >= 0.3 is 0 Å². The summed E-state index contributed by atoms with van der Waals surface area (Å²) < 4.78 is 19.1. The number of hydrogen-bond donors (Lipinski definition) is 2. The fourth-order valence-electron chi connectivity index (χ4n) is 2.10. The van der Waals surface area contributed by atoms with Crippen molar-refractivity contribution in [3.63, 3.8) is 0 Å². The Labute approximate surface area is 118 Å². The van der Waals surface area contributed by atoms with Crippen molar-refractivity contribution in [1.29, 1.82) is 0 Å². The Hall–Kier alpha value is -1.95. The first-order valence-corrected chi connectivity index (χ1v) is 6.25. The van der Waals surface area contributed by atoms with E-state index in [1.165, 1.54) is 13.2 Å². The number of nitrogens with one attached hydrogen (secondary N) is 1. The van der Waals surface area contributed by atoms with Gasteiger partial charge < -0.3 is 10.5 Å². The Morgan fingerprint density at radius 1 is 1.50 bits per heavy atom. The monoisotopic (exact) mass is 281 g/mol. The highest BCUT2D eigenvalue weighted by Crippen LogP contribution is 2.27. The minimum atomic E-state index is -0.664. The number of benzene rings is 1. The van der Waals surface area contributed by atoms with Crippen LogP contribution in [0, 0.1) is 19.7 Å². The molecule has 110 valence electrons. The van der Waals surface area contributed by atoms with Gasteiger partial charge in [0.1, 0.15) is 5.82 Å². The molecule has 0 fully saturated rings. The number of amides is 1. The van der Waals surface area contributed by atoms with E-state index in [-0.39, 0.29) is 17.6 Å². The van der Waals surface area contributed by atoms with E-state index in [4.69, 9.17) is 10.5 Å². The molecule has 3 N–H and O–H groups in total. The van der Waals surface area contributed by atoms with Gasteiger partial charge in [-0.15, -0.1) is 5.10 Å². The lowest BCUT2D eigenvalue weighted by Crippen LogP contribution is -2.38. The van der Waals surface area contributed by atoms with E-state index in [0.29, 0.717) is 12.0 Å². The van der Waals surface area contributed by atoms with Crippen LogP contribution in [0.5, 0.6) is 0 Å². The van der Waals surface area contributed by atoms with Crippen LogP contribution in [0.25, 0.3) is 0 Å². The second-order valence-electron chi connectivity index (χ2n) is 4.62. The zero-order chi connectivity index (χ0) is 15.3. The summed E-state index contributed by atoms with van der Waals surface area (Å²) in [5.74, 6) is -0.512. The third kappa shape index (κ3) is 3.33.